The molecule has 1 N–H and O–H groups in total. The molecule has 0 radical (unpaired) electrons. The summed E-state index contributed by atoms with van der Waals surface area (Å²) in [6.45, 7) is 8.70. The SMILES string of the molecule is CC(C)n1cc(C2(O)CCCN(CC3CCOCC3)C2)nn1. The quantitative estimate of drug-likeness (QED) is 0.915. The van der Waals surface area contributed by atoms with Crippen molar-refractivity contribution in [3.63, 3.8) is 0 Å². The van der Waals surface area contributed by atoms with Crippen LogP contribution >= 0.6 is 0 Å². The number of nitrogens with zero attached hydrogens (tertiary/aromatic N) is 4. The van der Waals surface area contributed by atoms with Gasteiger partial charge in [0.05, 0.1) is 6.20 Å². The summed E-state index contributed by atoms with van der Waals surface area (Å²) in [6, 6.07) is 0.270. The Morgan fingerprint density at radius 3 is 2.86 bits per heavy atom. The van der Waals surface area contributed by atoms with Crippen molar-refractivity contribution in [3.8, 4) is 0 Å². The highest BCUT2D eigenvalue weighted by Crippen LogP contribution is 2.31. The first-order valence-electron chi connectivity index (χ1n) is 8.51. The van der Waals surface area contributed by atoms with Crippen molar-refractivity contribution < 1.29 is 9.84 Å². The van der Waals surface area contributed by atoms with E-state index in [1.807, 2.05) is 10.9 Å². The zero-order valence-corrected chi connectivity index (χ0v) is 13.7. The predicted molar refractivity (Wildman–Crippen MR) is 83.5 cm³/mol. The van der Waals surface area contributed by atoms with Crippen LogP contribution < -0.4 is 0 Å². The number of likely N-dealkylation sites (tertiary alicyclic amines) is 1. The van der Waals surface area contributed by atoms with Crippen LogP contribution in [0.1, 0.15) is 51.3 Å². The number of rotatable bonds is 4. The van der Waals surface area contributed by atoms with E-state index >= 15 is 0 Å². The van der Waals surface area contributed by atoms with E-state index in [0.29, 0.717) is 12.5 Å². The molecule has 1 unspecified atom stereocenters. The maximum atomic E-state index is 11.1. The van der Waals surface area contributed by atoms with Crippen LogP contribution in [0.5, 0.6) is 0 Å². The van der Waals surface area contributed by atoms with E-state index in [1.165, 1.54) is 0 Å². The third-order valence-electron chi connectivity index (χ3n) is 4.92. The van der Waals surface area contributed by atoms with Crippen molar-refractivity contribution >= 4 is 0 Å². The van der Waals surface area contributed by atoms with Crippen molar-refractivity contribution in [2.75, 3.05) is 32.8 Å². The second kappa shape index (κ2) is 6.64. The molecule has 2 fully saturated rings. The van der Waals surface area contributed by atoms with Crippen LogP contribution in [0.3, 0.4) is 0 Å². The summed E-state index contributed by atoms with van der Waals surface area (Å²) < 4.78 is 7.26. The Hall–Kier alpha value is -0.980. The van der Waals surface area contributed by atoms with Crippen LogP contribution in [-0.2, 0) is 10.3 Å². The molecule has 0 aliphatic carbocycles. The standard InChI is InChI=1S/C16H28N4O2/c1-13(2)20-11-15(17-18-20)16(21)6-3-7-19(12-16)10-14-4-8-22-9-5-14/h11,13-14,21H,3-10,12H2,1-2H3. The molecule has 0 aromatic carbocycles. The van der Waals surface area contributed by atoms with E-state index < -0.39 is 5.60 Å². The number of hydrogen-bond acceptors (Lipinski definition) is 5. The molecule has 0 spiro atoms. The molecule has 0 saturated carbocycles. The molecule has 1 aromatic heterocycles. The lowest BCUT2D eigenvalue weighted by molar-refractivity contribution is -0.0479. The first-order valence-corrected chi connectivity index (χ1v) is 8.51. The summed E-state index contributed by atoms with van der Waals surface area (Å²) in [6.07, 6.45) is 5.96. The first kappa shape index (κ1) is 15.9. The van der Waals surface area contributed by atoms with Gasteiger partial charge < -0.3 is 9.84 Å². The molecular formula is C16H28N4O2. The smallest absolute Gasteiger partial charge is 0.123 e. The Morgan fingerprint density at radius 1 is 1.41 bits per heavy atom. The molecule has 1 atom stereocenters. The fourth-order valence-electron chi connectivity index (χ4n) is 3.52. The lowest BCUT2D eigenvalue weighted by Crippen LogP contribution is -2.48. The van der Waals surface area contributed by atoms with Crippen LogP contribution in [0.25, 0.3) is 0 Å². The van der Waals surface area contributed by atoms with Crippen molar-refractivity contribution in [1.82, 2.24) is 19.9 Å². The molecule has 6 heteroatoms. The lowest BCUT2D eigenvalue weighted by Gasteiger charge is -2.40. The van der Waals surface area contributed by atoms with E-state index in [-0.39, 0.29) is 6.04 Å². The first-order chi connectivity index (χ1) is 10.6. The van der Waals surface area contributed by atoms with Crippen molar-refractivity contribution in [1.29, 1.82) is 0 Å². The molecule has 124 valence electrons. The van der Waals surface area contributed by atoms with Crippen molar-refractivity contribution in [2.45, 2.75) is 51.2 Å². The third kappa shape index (κ3) is 3.50. The summed E-state index contributed by atoms with van der Waals surface area (Å²) in [7, 11) is 0. The lowest BCUT2D eigenvalue weighted by atomic mass is 9.88. The average Bonchev–Trinajstić information content (AvgIpc) is 2.99. The number of hydrogen-bond donors (Lipinski definition) is 1. The average molecular weight is 308 g/mol. The van der Waals surface area contributed by atoms with Crippen LogP contribution in [0.4, 0.5) is 0 Å². The molecule has 2 saturated heterocycles. The Kier molecular flexibility index (Phi) is 4.80. The van der Waals surface area contributed by atoms with Gasteiger partial charge in [-0.15, -0.1) is 5.10 Å². The summed E-state index contributed by atoms with van der Waals surface area (Å²) in [5, 5.41) is 19.4. The fourth-order valence-corrected chi connectivity index (χ4v) is 3.52. The number of β-amino-alcohol motifs (C(OH)–C–C–N with tert-alkyl or cyclic N) is 1. The summed E-state index contributed by atoms with van der Waals surface area (Å²) in [5.74, 6) is 0.697. The topological polar surface area (TPSA) is 63.4 Å². The van der Waals surface area contributed by atoms with Gasteiger partial charge in [-0.25, -0.2) is 4.68 Å². The number of ether oxygens (including phenoxy) is 1. The normalized spacial score (nSPS) is 28.4. The van der Waals surface area contributed by atoms with Gasteiger partial charge in [0.1, 0.15) is 11.3 Å². The van der Waals surface area contributed by atoms with E-state index in [0.717, 1.165) is 57.7 Å². The van der Waals surface area contributed by atoms with E-state index in [9.17, 15) is 5.11 Å². The minimum Gasteiger partial charge on any atom is -0.382 e. The molecule has 2 aliphatic heterocycles. The highest BCUT2D eigenvalue weighted by atomic mass is 16.5. The predicted octanol–water partition coefficient (Wildman–Crippen LogP) is 1.57. The largest absolute Gasteiger partial charge is 0.382 e. The number of aliphatic hydroxyl groups is 1. The monoisotopic (exact) mass is 308 g/mol. The minimum atomic E-state index is -0.851. The van der Waals surface area contributed by atoms with Gasteiger partial charge in [0, 0.05) is 32.3 Å². The third-order valence-corrected chi connectivity index (χ3v) is 4.92. The highest BCUT2D eigenvalue weighted by Gasteiger charge is 2.38. The molecule has 6 nitrogen and oxygen atoms in total. The van der Waals surface area contributed by atoms with Crippen molar-refractivity contribution in [2.24, 2.45) is 5.92 Å². The van der Waals surface area contributed by atoms with Gasteiger partial charge in [-0.05, 0) is 52.0 Å². The maximum absolute atomic E-state index is 11.1. The molecule has 22 heavy (non-hydrogen) atoms. The van der Waals surface area contributed by atoms with Crippen LogP contribution in [0, 0.1) is 5.92 Å². The molecule has 0 bridgehead atoms. The van der Waals surface area contributed by atoms with Gasteiger partial charge in [0.15, 0.2) is 0 Å². The molecule has 0 amide bonds. The van der Waals surface area contributed by atoms with Gasteiger partial charge in [-0.2, -0.15) is 0 Å². The van der Waals surface area contributed by atoms with Crippen LogP contribution in [-0.4, -0.2) is 57.8 Å². The van der Waals surface area contributed by atoms with E-state index in [2.05, 4.69) is 29.1 Å². The molecular weight excluding hydrogens is 280 g/mol. The second-order valence-electron chi connectivity index (χ2n) is 7.10. The van der Waals surface area contributed by atoms with Gasteiger partial charge in [-0.3, -0.25) is 4.90 Å². The number of aromatic nitrogens is 3. The van der Waals surface area contributed by atoms with Gasteiger partial charge in [-0.1, -0.05) is 5.21 Å². The molecule has 3 rings (SSSR count). The Morgan fingerprint density at radius 2 is 2.18 bits per heavy atom. The van der Waals surface area contributed by atoms with Crippen LogP contribution in [0.15, 0.2) is 6.20 Å². The van der Waals surface area contributed by atoms with Gasteiger partial charge in [0.25, 0.3) is 0 Å². The molecule has 1 aromatic rings. The Balaban J connectivity index is 1.65. The van der Waals surface area contributed by atoms with Gasteiger partial charge in [0.2, 0.25) is 0 Å². The van der Waals surface area contributed by atoms with E-state index in [4.69, 9.17) is 4.74 Å². The zero-order chi connectivity index (χ0) is 15.6. The zero-order valence-electron chi connectivity index (χ0n) is 13.7. The summed E-state index contributed by atoms with van der Waals surface area (Å²) in [5.41, 5.74) is -0.130. The summed E-state index contributed by atoms with van der Waals surface area (Å²) in [4.78, 5) is 2.40. The molecule has 2 aliphatic rings. The number of piperidine rings is 1. The van der Waals surface area contributed by atoms with Crippen molar-refractivity contribution in [3.05, 3.63) is 11.9 Å². The maximum Gasteiger partial charge on any atom is 0.123 e. The summed E-state index contributed by atoms with van der Waals surface area (Å²) >= 11 is 0. The Bertz CT molecular complexity index is 484. The second-order valence-corrected chi connectivity index (χ2v) is 7.10. The van der Waals surface area contributed by atoms with Gasteiger partial charge >= 0.3 is 0 Å². The van der Waals surface area contributed by atoms with E-state index in [1.54, 1.807) is 0 Å². The van der Waals surface area contributed by atoms with Crippen LogP contribution in [0.2, 0.25) is 0 Å². The molecule has 3 heterocycles. The highest BCUT2D eigenvalue weighted by molar-refractivity contribution is 5.10. The minimum absolute atomic E-state index is 0.270. The fraction of sp³-hybridized carbons (Fsp3) is 0.875. The Labute approximate surface area is 132 Å².